The lowest BCUT2D eigenvalue weighted by Gasteiger charge is -2.07. The number of ether oxygens (including phenoxy) is 1. The Kier molecular flexibility index (Phi) is 3.98. The number of anilines is 2. The average Bonchev–Trinajstić information content (AvgIpc) is 2.47. The fourth-order valence-corrected chi connectivity index (χ4v) is 1.69. The van der Waals surface area contributed by atoms with Gasteiger partial charge in [-0.25, -0.2) is 4.98 Å². The van der Waals surface area contributed by atoms with Crippen LogP contribution in [0.1, 0.15) is 10.4 Å². The summed E-state index contributed by atoms with van der Waals surface area (Å²) in [6, 6.07) is 7.78. The molecule has 0 spiro atoms. The molecule has 0 aliphatic rings. The highest BCUT2D eigenvalue weighted by Gasteiger charge is 2.21. The lowest BCUT2D eigenvalue weighted by atomic mass is 10.2. The molecule has 1 amide bonds. The lowest BCUT2D eigenvalue weighted by molar-refractivity contribution is -0.385. The number of methoxy groups -OCH3 is 1. The van der Waals surface area contributed by atoms with Gasteiger partial charge in [0.15, 0.2) is 0 Å². The van der Waals surface area contributed by atoms with Crippen LogP contribution in [-0.4, -0.2) is 22.9 Å². The van der Waals surface area contributed by atoms with Gasteiger partial charge in [0.05, 0.1) is 12.0 Å². The van der Waals surface area contributed by atoms with E-state index in [2.05, 4.69) is 10.3 Å². The van der Waals surface area contributed by atoms with Crippen LogP contribution in [0.2, 0.25) is 0 Å². The summed E-state index contributed by atoms with van der Waals surface area (Å²) >= 11 is 0. The number of benzene rings is 1. The zero-order chi connectivity index (χ0) is 15.4. The SMILES string of the molecule is COc1cccc(NC(=O)c2cc(N)ncc2[N+](=O)[O-])c1. The zero-order valence-electron chi connectivity index (χ0n) is 11.1. The summed E-state index contributed by atoms with van der Waals surface area (Å²) in [5.74, 6) is -0.0722. The summed E-state index contributed by atoms with van der Waals surface area (Å²) in [4.78, 5) is 26.0. The molecule has 0 fully saturated rings. The van der Waals surface area contributed by atoms with Crippen LogP contribution < -0.4 is 15.8 Å². The maximum absolute atomic E-state index is 12.2. The number of carbonyl (C=O) groups excluding carboxylic acids is 1. The van der Waals surface area contributed by atoms with E-state index >= 15 is 0 Å². The summed E-state index contributed by atoms with van der Waals surface area (Å²) < 4.78 is 5.03. The van der Waals surface area contributed by atoms with Gasteiger partial charge >= 0.3 is 0 Å². The monoisotopic (exact) mass is 288 g/mol. The smallest absolute Gasteiger partial charge is 0.300 e. The molecule has 0 radical (unpaired) electrons. The third kappa shape index (κ3) is 3.24. The van der Waals surface area contributed by atoms with Crippen LogP contribution in [0.5, 0.6) is 5.75 Å². The Hall–Kier alpha value is -3.16. The molecule has 0 bridgehead atoms. The van der Waals surface area contributed by atoms with Crippen molar-refractivity contribution in [3.8, 4) is 5.75 Å². The number of amides is 1. The number of hydrogen-bond donors (Lipinski definition) is 2. The minimum atomic E-state index is -0.688. The molecule has 2 aromatic rings. The van der Waals surface area contributed by atoms with Crippen molar-refractivity contribution in [1.29, 1.82) is 0 Å². The van der Waals surface area contributed by atoms with Gasteiger partial charge in [0.2, 0.25) is 0 Å². The topological polar surface area (TPSA) is 120 Å². The van der Waals surface area contributed by atoms with E-state index in [0.29, 0.717) is 11.4 Å². The third-order valence-corrected chi connectivity index (χ3v) is 2.67. The number of carbonyl (C=O) groups is 1. The second-order valence-electron chi connectivity index (χ2n) is 4.07. The second-order valence-corrected chi connectivity index (χ2v) is 4.07. The Morgan fingerprint density at radius 1 is 1.43 bits per heavy atom. The van der Waals surface area contributed by atoms with Gasteiger partial charge in [0.25, 0.3) is 11.6 Å². The summed E-state index contributed by atoms with van der Waals surface area (Å²) in [6.07, 6.45) is 0.954. The summed E-state index contributed by atoms with van der Waals surface area (Å²) in [5, 5.41) is 13.5. The second kappa shape index (κ2) is 5.87. The maximum atomic E-state index is 12.2. The van der Waals surface area contributed by atoms with Gasteiger partial charge < -0.3 is 15.8 Å². The van der Waals surface area contributed by atoms with Gasteiger partial charge in [-0.2, -0.15) is 0 Å². The molecule has 0 saturated heterocycles. The summed E-state index contributed by atoms with van der Waals surface area (Å²) in [7, 11) is 1.50. The Balaban J connectivity index is 2.31. The zero-order valence-corrected chi connectivity index (χ0v) is 11.1. The van der Waals surface area contributed by atoms with E-state index in [1.165, 1.54) is 7.11 Å². The van der Waals surface area contributed by atoms with Crippen LogP contribution in [0.15, 0.2) is 36.5 Å². The minimum Gasteiger partial charge on any atom is -0.497 e. The van der Waals surface area contributed by atoms with Crippen LogP contribution in [0, 0.1) is 10.1 Å². The Bertz CT molecular complexity index is 702. The molecular weight excluding hydrogens is 276 g/mol. The molecule has 0 aliphatic heterocycles. The average molecular weight is 288 g/mol. The van der Waals surface area contributed by atoms with Crippen LogP contribution in [-0.2, 0) is 0 Å². The van der Waals surface area contributed by atoms with Gasteiger partial charge in [0.1, 0.15) is 23.3 Å². The molecule has 3 N–H and O–H groups in total. The number of nitro groups is 1. The molecule has 0 atom stereocenters. The van der Waals surface area contributed by atoms with Crippen LogP contribution in [0.3, 0.4) is 0 Å². The highest BCUT2D eigenvalue weighted by molar-refractivity contribution is 6.07. The molecule has 1 aromatic carbocycles. The number of rotatable bonds is 4. The molecule has 0 unspecified atom stereocenters. The van der Waals surface area contributed by atoms with Crippen molar-refractivity contribution < 1.29 is 14.5 Å². The van der Waals surface area contributed by atoms with E-state index in [4.69, 9.17) is 10.5 Å². The van der Waals surface area contributed by atoms with E-state index < -0.39 is 16.5 Å². The van der Waals surface area contributed by atoms with Crippen molar-refractivity contribution in [2.24, 2.45) is 0 Å². The van der Waals surface area contributed by atoms with Crippen LogP contribution in [0.25, 0.3) is 0 Å². The number of hydrogen-bond acceptors (Lipinski definition) is 6. The normalized spacial score (nSPS) is 9.95. The van der Waals surface area contributed by atoms with Gasteiger partial charge in [0, 0.05) is 11.8 Å². The fraction of sp³-hybridized carbons (Fsp3) is 0.0769. The maximum Gasteiger partial charge on any atom is 0.300 e. The number of nitrogens with zero attached hydrogens (tertiary/aromatic N) is 2. The number of pyridine rings is 1. The lowest BCUT2D eigenvalue weighted by Crippen LogP contribution is -2.15. The molecule has 21 heavy (non-hydrogen) atoms. The third-order valence-electron chi connectivity index (χ3n) is 2.67. The van der Waals surface area contributed by atoms with Crippen molar-refractivity contribution in [2.45, 2.75) is 0 Å². The molecule has 0 saturated carbocycles. The largest absolute Gasteiger partial charge is 0.497 e. The number of nitrogens with two attached hydrogens (primary N) is 1. The molecule has 2 rings (SSSR count). The van der Waals surface area contributed by atoms with Gasteiger partial charge in [-0.3, -0.25) is 14.9 Å². The predicted octanol–water partition coefficient (Wildman–Crippen LogP) is 1.83. The molecule has 1 heterocycles. The van der Waals surface area contributed by atoms with E-state index in [1.54, 1.807) is 24.3 Å². The van der Waals surface area contributed by atoms with Crippen molar-refractivity contribution in [3.05, 3.63) is 52.2 Å². The highest BCUT2D eigenvalue weighted by Crippen LogP contribution is 2.22. The Morgan fingerprint density at radius 2 is 2.19 bits per heavy atom. The summed E-state index contributed by atoms with van der Waals surface area (Å²) in [5.41, 5.74) is 5.35. The van der Waals surface area contributed by atoms with Gasteiger partial charge in [-0.05, 0) is 18.2 Å². The first-order valence-corrected chi connectivity index (χ1v) is 5.86. The standard InChI is InChI=1S/C13H12N4O4/c1-21-9-4-2-3-8(5-9)16-13(18)10-6-12(14)15-7-11(10)17(19)20/h2-7H,1H3,(H2,14,15)(H,16,18). The van der Waals surface area contributed by atoms with E-state index in [9.17, 15) is 14.9 Å². The van der Waals surface area contributed by atoms with E-state index in [1.807, 2.05) is 0 Å². The van der Waals surface area contributed by atoms with E-state index in [0.717, 1.165) is 12.3 Å². The molecule has 108 valence electrons. The number of nitrogen functional groups attached to an aromatic ring is 1. The van der Waals surface area contributed by atoms with Crippen molar-refractivity contribution in [3.63, 3.8) is 0 Å². The van der Waals surface area contributed by atoms with Gasteiger partial charge in [-0.1, -0.05) is 6.07 Å². The van der Waals surface area contributed by atoms with Crippen molar-refractivity contribution >= 4 is 23.1 Å². The fourth-order valence-electron chi connectivity index (χ4n) is 1.69. The van der Waals surface area contributed by atoms with Crippen molar-refractivity contribution in [2.75, 3.05) is 18.2 Å². The number of aromatic nitrogens is 1. The predicted molar refractivity (Wildman–Crippen MR) is 76.3 cm³/mol. The Labute approximate surface area is 119 Å². The van der Waals surface area contributed by atoms with Crippen molar-refractivity contribution in [1.82, 2.24) is 4.98 Å². The molecule has 1 aromatic heterocycles. The first kappa shape index (κ1) is 14.3. The highest BCUT2D eigenvalue weighted by atomic mass is 16.6. The van der Waals surface area contributed by atoms with Gasteiger partial charge in [-0.15, -0.1) is 0 Å². The Morgan fingerprint density at radius 3 is 2.86 bits per heavy atom. The molecule has 8 nitrogen and oxygen atoms in total. The molecule has 8 heteroatoms. The summed E-state index contributed by atoms with van der Waals surface area (Å²) in [6.45, 7) is 0. The van der Waals surface area contributed by atoms with Crippen LogP contribution >= 0.6 is 0 Å². The van der Waals surface area contributed by atoms with Crippen LogP contribution in [0.4, 0.5) is 17.2 Å². The number of nitrogens with one attached hydrogen (secondary N) is 1. The molecular formula is C13H12N4O4. The first-order chi connectivity index (χ1) is 10.0. The molecule has 0 aliphatic carbocycles. The minimum absolute atomic E-state index is 0.0244. The van der Waals surface area contributed by atoms with E-state index in [-0.39, 0.29) is 11.4 Å². The first-order valence-electron chi connectivity index (χ1n) is 5.86. The quantitative estimate of drug-likeness (QED) is 0.654.